The SMILES string of the molecule is O=C(N[C@H](C(=O)O)C12CC3CC(CC(C3)C1)C2)c1ccc2ccccc2c1OCc1ccc(Cl)c(Cl)c1. The number of ether oxygens (including phenoxy) is 1. The van der Waals surface area contributed by atoms with E-state index in [2.05, 4.69) is 5.32 Å². The molecule has 4 aliphatic carbocycles. The topological polar surface area (TPSA) is 75.6 Å². The van der Waals surface area contributed by atoms with Crippen LogP contribution in [-0.4, -0.2) is 23.0 Å². The van der Waals surface area contributed by atoms with Crippen LogP contribution in [0.1, 0.15) is 54.4 Å². The second-order valence-electron chi connectivity index (χ2n) is 11.2. The average molecular weight is 538 g/mol. The molecule has 1 amide bonds. The number of rotatable bonds is 7. The number of hydrogen-bond donors (Lipinski definition) is 2. The van der Waals surface area contributed by atoms with E-state index in [4.69, 9.17) is 27.9 Å². The lowest BCUT2D eigenvalue weighted by atomic mass is 9.47. The lowest BCUT2D eigenvalue weighted by Gasteiger charge is -2.58. The molecule has 3 aromatic rings. The Morgan fingerprint density at radius 1 is 0.946 bits per heavy atom. The first-order valence-corrected chi connectivity index (χ1v) is 13.7. The summed E-state index contributed by atoms with van der Waals surface area (Å²) in [5.41, 5.74) is 0.772. The number of halogens is 2. The fourth-order valence-corrected chi connectivity index (χ4v) is 7.90. The van der Waals surface area contributed by atoms with E-state index in [0.29, 0.717) is 39.1 Å². The van der Waals surface area contributed by atoms with Gasteiger partial charge in [-0.2, -0.15) is 0 Å². The quantitative estimate of drug-likeness (QED) is 0.336. The number of amides is 1. The van der Waals surface area contributed by atoms with E-state index in [0.717, 1.165) is 35.6 Å². The Balaban J connectivity index is 1.31. The summed E-state index contributed by atoms with van der Waals surface area (Å²) in [6, 6.07) is 15.6. The number of carboxylic acid groups (broad SMARTS) is 1. The molecule has 0 radical (unpaired) electrons. The minimum atomic E-state index is -0.950. The zero-order valence-electron chi connectivity index (χ0n) is 20.4. The minimum absolute atomic E-state index is 0.183. The lowest BCUT2D eigenvalue weighted by molar-refractivity contribution is -0.150. The maximum atomic E-state index is 13.7. The molecular formula is C30H29Cl2NO4. The predicted molar refractivity (Wildman–Crippen MR) is 144 cm³/mol. The van der Waals surface area contributed by atoms with Gasteiger partial charge in [0.05, 0.1) is 15.6 Å². The highest BCUT2D eigenvalue weighted by molar-refractivity contribution is 6.42. The summed E-state index contributed by atoms with van der Waals surface area (Å²) in [4.78, 5) is 26.3. The van der Waals surface area contributed by atoms with E-state index < -0.39 is 17.9 Å². The largest absolute Gasteiger partial charge is 0.487 e. The Morgan fingerprint density at radius 2 is 1.62 bits per heavy atom. The number of hydrogen-bond acceptors (Lipinski definition) is 3. The number of fused-ring (bicyclic) bond motifs is 1. The molecule has 1 atom stereocenters. The number of carbonyl (C=O) groups is 2. The monoisotopic (exact) mass is 537 g/mol. The summed E-state index contributed by atoms with van der Waals surface area (Å²) in [5.74, 6) is 0.797. The first-order chi connectivity index (χ1) is 17.8. The van der Waals surface area contributed by atoms with Crippen LogP contribution in [0.25, 0.3) is 10.8 Å². The fraction of sp³-hybridized carbons (Fsp3) is 0.400. The highest BCUT2D eigenvalue weighted by Crippen LogP contribution is 2.61. The Kier molecular flexibility index (Phi) is 6.32. The second-order valence-corrected chi connectivity index (χ2v) is 12.0. The number of aliphatic carboxylic acids is 1. The molecule has 0 aliphatic heterocycles. The zero-order valence-corrected chi connectivity index (χ0v) is 21.9. The standard InChI is InChI=1S/C30H29Cl2NO4/c31-24-8-5-17(12-25(24)32)16-37-26-22-4-2-1-3-21(22)6-7-23(26)28(34)33-27(29(35)36)30-13-18-9-19(14-30)11-20(10-18)15-30/h1-8,12,18-20,27H,9-11,13-16H2,(H,33,34)(H,35,36)/t18?,19?,20?,27-,30?/m1/s1. The third-order valence-electron chi connectivity index (χ3n) is 8.71. The Hall–Kier alpha value is -2.76. The average Bonchev–Trinajstić information content (AvgIpc) is 2.86. The summed E-state index contributed by atoms with van der Waals surface area (Å²) < 4.78 is 6.23. The van der Waals surface area contributed by atoms with E-state index in [1.165, 1.54) is 19.3 Å². The highest BCUT2D eigenvalue weighted by Gasteiger charge is 2.56. The fourth-order valence-electron chi connectivity index (χ4n) is 7.58. The summed E-state index contributed by atoms with van der Waals surface area (Å²) >= 11 is 12.2. The summed E-state index contributed by atoms with van der Waals surface area (Å²) in [5, 5.41) is 15.9. The molecule has 0 heterocycles. The predicted octanol–water partition coefficient (Wildman–Crippen LogP) is 7.13. The molecule has 0 spiro atoms. The third kappa shape index (κ3) is 4.57. The molecule has 4 aliphatic rings. The summed E-state index contributed by atoms with van der Waals surface area (Å²) in [6.45, 7) is 0.183. The molecule has 0 aromatic heterocycles. The van der Waals surface area contributed by atoms with Gasteiger partial charge >= 0.3 is 5.97 Å². The van der Waals surface area contributed by atoms with E-state index in [1.807, 2.05) is 36.4 Å². The van der Waals surface area contributed by atoms with Crippen LogP contribution < -0.4 is 10.1 Å². The van der Waals surface area contributed by atoms with Crippen LogP contribution in [0.2, 0.25) is 10.0 Å². The van der Waals surface area contributed by atoms with Crippen LogP contribution in [-0.2, 0) is 11.4 Å². The van der Waals surface area contributed by atoms with Crippen molar-refractivity contribution < 1.29 is 19.4 Å². The molecule has 0 saturated heterocycles. The molecule has 2 N–H and O–H groups in total. The molecule has 7 heteroatoms. The molecule has 37 heavy (non-hydrogen) atoms. The Morgan fingerprint density at radius 3 is 2.27 bits per heavy atom. The van der Waals surface area contributed by atoms with Gasteiger partial charge in [0.25, 0.3) is 5.91 Å². The molecule has 7 rings (SSSR count). The van der Waals surface area contributed by atoms with Gasteiger partial charge in [-0.1, -0.05) is 59.6 Å². The Bertz CT molecular complexity index is 1350. The number of carbonyl (C=O) groups excluding carboxylic acids is 1. The first-order valence-electron chi connectivity index (χ1n) is 12.9. The normalized spacial score (nSPS) is 26.7. The van der Waals surface area contributed by atoms with Crippen molar-refractivity contribution in [1.82, 2.24) is 5.32 Å². The molecule has 3 aromatic carbocycles. The minimum Gasteiger partial charge on any atom is -0.487 e. The zero-order chi connectivity index (χ0) is 25.7. The summed E-state index contributed by atoms with van der Waals surface area (Å²) in [6.07, 6.45) is 6.27. The molecule has 192 valence electrons. The van der Waals surface area contributed by atoms with Crippen molar-refractivity contribution in [2.75, 3.05) is 0 Å². The lowest BCUT2D eigenvalue weighted by Crippen LogP contribution is -2.59. The van der Waals surface area contributed by atoms with Crippen LogP contribution >= 0.6 is 23.2 Å². The van der Waals surface area contributed by atoms with Crippen molar-refractivity contribution in [2.24, 2.45) is 23.2 Å². The molecule has 0 unspecified atom stereocenters. The van der Waals surface area contributed by atoms with Crippen molar-refractivity contribution in [1.29, 1.82) is 0 Å². The second kappa shape index (κ2) is 9.52. The van der Waals surface area contributed by atoms with Crippen LogP contribution in [0.15, 0.2) is 54.6 Å². The molecule has 4 saturated carbocycles. The number of nitrogens with one attached hydrogen (secondary N) is 1. The van der Waals surface area contributed by atoms with Crippen molar-refractivity contribution in [2.45, 2.75) is 51.2 Å². The molecule has 5 nitrogen and oxygen atoms in total. The van der Waals surface area contributed by atoms with Gasteiger partial charge < -0.3 is 15.2 Å². The van der Waals surface area contributed by atoms with Gasteiger partial charge in [-0.05, 0) is 85.4 Å². The van der Waals surface area contributed by atoms with E-state index in [9.17, 15) is 14.7 Å². The maximum Gasteiger partial charge on any atom is 0.326 e. The maximum absolute atomic E-state index is 13.7. The number of carboxylic acids is 1. The van der Waals surface area contributed by atoms with Crippen molar-refractivity contribution in [3.8, 4) is 5.75 Å². The highest BCUT2D eigenvalue weighted by atomic mass is 35.5. The van der Waals surface area contributed by atoms with Crippen molar-refractivity contribution >= 4 is 45.9 Å². The van der Waals surface area contributed by atoms with Gasteiger partial charge in [0.1, 0.15) is 18.4 Å². The number of benzene rings is 3. The van der Waals surface area contributed by atoms with E-state index in [-0.39, 0.29) is 12.0 Å². The van der Waals surface area contributed by atoms with E-state index in [1.54, 1.807) is 18.2 Å². The van der Waals surface area contributed by atoms with E-state index >= 15 is 0 Å². The van der Waals surface area contributed by atoms with Gasteiger partial charge in [-0.25, -0.2) is 4.79 Å². The van der Waals surface area contributed by atoms with Crippen LogP contribution in [0, 0.1) is 23.2 Å². The molecule has 4 fully saturated rings. The van der Waals surface area contributed by atoms with Gasteiger partial charge in [0, 0.05) is 10.8 Å². The third-order valence-corrected chi connectivity index (χ3v) is 9.45. The smallest absolute Gasteiger partial charge is 0.326 e. The Labute approximate surface area is 226 Å². The summed E-state index contributed by atoms with van der Waals surface area (Å²) in [7, 11) is 0. The van der Waals surface area contributed by atoms with Gasteiger partial charge in [0.2, 0.25) is 0 Å². The van der Waals surface area contributed by atoms with Gasteiger partial charge in [-0.15, -0.1) is 0 Å². The molecular weight excluding hydrogens is 509 g/mol. The van der Waals surface area contributed by atoms with Gasteiger partial charge in [0.15, 0.2) is 0 Å². The molecule has 4 bridgehead atoms. The first kappa shape index (κ1) is 24.6. The van der Waals surface area contributed by atoms with Crippen molar-refractivity contribution in [3.05, 3.63) is 75.8 Å². The van der Waals surface area contributed by atoms with Crippen molar-refractivity contribution in [3.63, 3.8) is 0 Å². The van der Waals surface area contributed by atoms with Gasteiger partial charge in [-0.3, -0.25) is 4.79 Å². The van der Waals surface area contributed by atoms with Crippen LogP contribution in [0.5, 0.6) is 5.75 Å². The van der Waals surface area contributed by atoms with Crippen LogP contribution in [0.3, 0.4) is 0 Å². The van der Waals surface area contributed by atoms with Crippen LogP contribution in [0.4, 0.5) is 0 Å².